The molecule has 9 heteroatoms. The summed E-state index contributed by atoms with van der Waals surface area (Å²) in [6.45, 7) is 2.90. The summed E-state index contributed by atoms with van der Waals surface area (Å²) in [5.74, 6) is -0.249. The van der Waals surface area contributed by atoms with Crippen molar-refractivity contribution in [1.29, 1.82) is 0 Å². The third-order valence-corrected chi connectivity index (χ3v) is 5.34. The average Bonchev–Trinajstić information content (AvgIpc) is 2.80. The van der Waals surface area contributed by atoms with Crippen LogP contribution in [0.15, 0.2) is 48.5 Å². The van der Waals surface area contributed by atoms with Gasteiger partial charge in [-0.05, 0) is 50.1 Å². The highest BCUT2D eigenvalue weighted by molar-refractivity contribution is 5.94. The van der Waals surface area contributed by atoms with E-state index in [1.807, 2.05) is 18.2 Å². The van der Waals surface area contributed by atoms with Gasteiger partial charge in [0.05, 0.1) is 36.8 Å². The first-order valence-electron chi connectivity index (χ1n) is 10.9. The van der Waals surface area contributed by atoms with Crippen molar-refractivity contribution < 1.29 is 32.2 Å². The van der Waals surface area contributed by atoms with Gasteiger partial charge in [-0.25, -0.2) is 0 Å². The Bertz CT molecular complexity index is 950. The lowest BCUT2D eigenvalue weighted by Gasteiger charge is -2.32. The number of ether oxygens (including phenoxy) is 2. The Morgan fingerprint density at radius 2 is 1.88 bits per heavy atom. The molecule has 1 saturated heterocycles. The van der Waals surface area contributed by atoms with E-state index in [2.05, 4.69) is 5.32 Å². The first-order chi connectivity index (χ1) is 15.8. The molecule has 1 atom stereocenters. The third-order valence-electron chi connectivity index (χ3n) is 5.34. The van der Waals surface area contributed by atoms with Crippen molar-refractivity contribution in [2.75, 3.05) is 31.6 Å². The maximum absolute atomic E-state index is 13.1. The third kappa shape index (κ3) is 6.87. The molecule has 1 N–H and O–H groups in total. The summed E-state index contributed by atoms with van der Waals surface area (Å²) in [4.78, 5) is 27.0. The van der Waals surface area contributed by atoms with E-state index < -0.39 is 23.6 Å². The molecule has 178 valence electrons. The second-order valence-electron chi connectivity index (χ2n) is 7.72. The van der Waals surface area contributed by atoms with Gasteiger partial charge in [0, 0.05) is 13.1 Å². The van der Waals surface area contributed by atoms with Crippen molar-refractivity contribution in [1.82, 2.24) is 4.90 Å². The van der Waals surface area contributed by atoms with E-state index in [1.165, 1.54) is 6.07 Å². The van der Waals surface area contributed by atoms with E-state index in [-0.39, 0.29) is 43.5 Å². The molecular formula is C24H27F3N2O4. The molecule has 2 aromatic carbocycles. The number of rotatable bonds is 8. The van der Waals surface area contributed by atoms with Gasteiger partial charge in [0.25, 0.3) is 0 Å². The van der Waals surface area contributed by atoms with E-state index in [9.17, 15) is 22.8 Å². The first-order valence-corrected chi connectivity index (χ1v) is 10.9. The Morgan fingerprint density at radius 1 is 1.12 bits per heavy atom. The molecule has 1 fully saturated rings. The molecule has 1 unspecified atom stereocenters. The van der Waals surface area contributed by atoms with E-state index in [4.69, 9.17) is 9.47 Å². The van der Waals surface area contributed by atoms with E-state index in [0.29, 0.717) is 25.1 Å². The van der Waals surface area contributed by atoms with Gasteiger partial charge in [-0.2, -0.15) is 13.2 Å². The van der Waals surface area contributed by atoms with Crippen LogP contribution in [-0.4, -0.2) is 43.0 Å². The van der Waals surface area contributed by atoms with Crippen LogP contribution < -0.4 is 14.8 Å². The lowest BCUT2D eigenvalue weighted by atomic mass is 9.96. The van der Waals surface area contributed by atoms with Crippen LogP contribution in [0.4, 0.5) is 18.9 Å². The van der Waals surface area contributed by atoms with Crippen molar-refractivity contribution in [3.05, 3.63) is 54.1 Å². The molecule has 33 heavy (non-hydrogen) atoms. The summed E-state index contributed by atoms with van der Waals surface area (Å²) in [7, 11) is 0. The molecular weight excluding hydrogens is 437 g/mol. The Hall–Kier alpha value is -3.23. The fraction of sp³-hybridized carbons (Fsp3) is 0.417. The van der Waals surface area contributed by atoms with Gasteiger partial charge in [-0.15, -0.1) is 0 Å². The fourth-order valence-corrected chi connectivity index (χ4v) is 3.67. The summed E-state index contributed by atoms with van der Waals surface area (Å²) in [5, 5.41) is 2.58. The van der Waals surface area contributed by atoms with Gasteiger partial charge in [0.2, 0.25) is 11.8 Å². The maximum atomic E-state index is 13.1. The summed E-state index contributed by atoms with van der Waals surface area (Å²) in [5.41, 5.74) is -0.906. The molecule has 2 aromatic rings. The summed E-state index contributed by atoms with van der Waals surface area (Å²) in [6, 6.07) is 12.1. The van der Waals surface area contributed by atoms with Crippen molar-refractivity contribution in [2.45, 2.75) is 32.4 Å². The highest BCUT2D eigenvalue weighted by atomic mass is 19.4. The molecule has 0 bridgehead atoms. The Labute approximate surface area is 190 Å². The Kier molecular flexibility index (Phi) is 8.19. The molecule has 0 saturated carbocycles. The van der Waals surface area contributed by atoms with Crippen molar-refractivity contribution in [3.63, 3.8) is 0 Å². The zero-order valence-corrected chi connectivity index (χ0v) is 18.4. The van der Waals surface area contributed by atoms with Gasteiger partial charge < -0.3 is 19.7 Å². The molecule has 1 heterocycles. The van der Waals surface area contributed by atoms with Gasteiger partial charge in [0.15, 0.2) is 0 Å². The Balaban J connectivity index is 1.59. The van der Waals surface area contributed by atoms with Crippen LogP contribution in [0.2, 0.25) is 0 Å². The number of halogens is 3. The second kappa shape index (κ2) is 11.1. The number of likely N-dealkylation sites (tertiary alicyclic amines) is 1. The number of piperidine rings is 1. The predicted molar refractivity (Wildman–Crippen MR) is 117 cm³/mol. The predicted octanol–water partition coefficient (Wildman–Crippen LogP) is 4.75. The zero-order chi connectivity index (χ0) is 23.8. The first kappa shape index (κ1) is 24.4. The van der Waals surface area contributed by atoms with Crippen molar-refractivity contribution >= 4 is 17.5 Å². The molecule has 1 aliphatic rings. The Morgan fingerprint density at radius 3 is 2.58 bits per heavy atom. The van der Waals surface area contributed by atoms with Crippen LogP contribution >= 0.6 is 0 Å². The highest BCUT2D eigenvalue weighted by Gasteiger charge is 2.33. The standard InChI is InChI=1S/C24H27F3N2O4/c1-2-32-21-11-10-18(24(25,26)27)15-20(21)28-23(31)17-7-6-13-29(16-17)22(30)12-14-33-19-8-4-3-5-9-19/h3-5,8-11,15,17H,2,6-7,12-14,16H2,1H3,(H,28,31). The monoisotopic (exact) mass is 464 g/mol. The highest BCUT2D eigenvalue weighted by Crippen LogP contribution is 2.35. The molecule has 0 radical (unpaired) electrons. The molecule has 3 rings (SSSR count). The van der Waals surface area contributed by atoms with E-state index >= 15 is 0 Å². The molecule has 0 aliphatic carbocycles. The van der Waals surface area contributed by atoms with Crippen LogP contribution in [0.3, 0.4) is 0 Å². The van der Waals surface area contributed by atoms with Crippen LogP contribution in [0.25, 0.3) is 0 Å². The number of nitrogens with one attached hydrogen (secondary N) is 1. The topological polar surface area (TPSA) is 67.9 Å². The quantitative estimate of drug-likeness (QED) is 0.612. The van der Waals surface area contributed by atoms with Crippen molar-refractivity contribution in [3.8, 4) is 11.5 Å². The summed E-state index contributed by atoms with van der Waals surface area (Å²) in [6.07, 6.45) is -3.20. The number of para-hydroxylation sites is 1. The lowest BCUT2D eigenvalue weighted by Crippen LogP contribution is -2.44. The van der Waals surface area contributed by atoms with Crippen LogP contribution in [0.5, 0.6) is 11.5 Å². The molecule has 0 spiro atoms. The minimum atomic E-state index is -4.54. The number of benzene rings is 2. The largest absolute Gasteiger partial charge is 0.493 e. The van der Waals surface area contributed by atoms with Gasteiger partial charge in [0.1, 0.15) is 11.5 Å². The molecule has 6 nitrogen and oxygen atoms in total. The number of anilines is 1. The number of hydrogen-bond acceptors (Lipinski definition) is 4. The lowest BCUT2D eigenvalue weighted by molar-refractivity contribution is -0.138. The number of carbonyl (C=O) groups excluding carboxylic acids is 2. The SMILES string of the molecule is CCOc1ccc(C(F)(F)F)cc1NC(=O)C1CCCN(C(=O)CCOc2ccccc2)C1. The molecule has 2 amide bonds. The maximum Gasteiger partial charge on any atom is 0.416 e. The molecule has 1 aliphatic heterocycles. The molecule has 0 aromatic heterocycles. The second-order valence-corrected chi connectivity index (χ2v) is 7.72. The van der Waals surface area contributed by atoms with Crippen LogP contribution in [0, 0.1) is 5.92 Å². The smallest absolute Gasteiger partial charge is 0.416 e. The van der Waals surface area contributed by atoms with Gasteiger partial charge >= 0.3 is 6.18 Å². The minimum Gasteiger partial charge on any atom is -0.493 e. The fourth-order valence-electron chi connectivity index (χ4n) is 3.67. The van der Waals surface area contributed by atoms with Gasteiger partial charge in [-0.1, -0.05) is 18.2 Å². The summed E-state index contributed by atoms with van der Waals surface area (Å²) < 4.78 is 50.3. The summed E-state index contributed by atoms with van der Waals surface area (Å²) >= 11 is 0. The number of nitrogens with zero attached hydrogens (tertiary/aromatic N) is 1. The number of amides is 2. The number of alkyl halides is 3. The zero-order valence-electron chi connectivity index (χ0n) is 18.4. The minimum absolute atomic E-state index is 0.0311. The van der Waals surface area contributed by atoms with Gasteiger partial charge in [-0.3, -0.25) is 9.59 Å². The number of hydrogen-bond donors (Lipinski definition) is 1. The van der Waals surface area contributed by atoms with Crippen molar-refractivity contribution in [2.24, 2.45) is 5.92 Å². The number of carbonyl (C=O) groups is 2. The average molecular weight is 464 g/mol. The van der Waals surface area contributed by atoms with Crippen LogP contribution in [-0.2, 0) is 15.8 Å². The normalized spacial score (nSPS) is 16.2. The van der Waals surface area contributed by atoms with E-state index in [0.717, 1.165) is 12.1 Å². The van der Waals surface area contributed by atoms with Crippen LogP contribution in [0.1, 0.15) is 31.7 Å². The van der Waals surface area contributed by atoms with E-state index in [1.54, 1.807) is 24.0 Å².